The monoisotopic (exact) mass is 476 g/mol. The molecule has 35 heavy (non-hydrogen) atoms. The summed E-state index contributed by atoms with van der Waals surface area (Å²) in [4.78, 5) is 38.6. The number of hydrogen-bond acceptors (Lipinski definition) is 7. The third-order valence-corrected chi connectivity index (χ3v) is 7.03. The normalized spacial score (nSPS) is 18.7. The summed E-state index contributed by atoms with van der Waals surface area (Å²) < 4.78 is 10.2. The molecule has 0 saturated carbocycles. The van der Waals surface area contributed by atoms with Gasteiger partial charge in [-0.2, -0.15) is 0 Å². The van der Waals surface area contributed by atoms with E-state index in [0.717, 1.165) is 22.3 Å². The van der Waals surface area contributed by atoms with Crippen molar-refractivity contribution in [3.63, 3.8) is 0 Å². The van der Waals surface area contributed by atoms with Crippen LogP contribution in [0.1, 0.15) is 47.3 Å². The Balaban J connectivity index is 1.25. The molecular formula is C25H24N4O6. The molecule has 180 valence electrons. The van der Waals surface area contributed by atoms with E-state index in [2.05, 4.69) is 20.3 Å². The zero-order valence-electron chi connectivity index (χ0n) is 19.1. The Hall–Kier alpha value is -4.21. The smallest absolute Gasteiger partial charge is 0.412 e. The highest BCUT2D eigenvalue weighted by Crippen LogP contribution is 2.44. The number of hydrogen-bond donors (Lipinski definition) is 2. The van der Waals surface area contributed by atoms with Gasteiger partial charge in [0.05, 0.1) is 5.41 Å². The minimum absolute atomic E-state index is 0.0505. The first kappa shape index (κ1) is 22.6. The molecule has 1 aromatic heterocycles. The first-order valence-corrected chi connectivity index (χ1v) is 11.4. The molecule has 3 aromatic rings. The van der Waals surface area contributed by atoms with Crippen LogP contribution in [0, 0.1) is 5.41 Å². The Morgan fingerprint density at radius 2 is 1.77 bits per heavy atom. The highest BCUT2D eigenvalue weighted by atomic mass is 16.6. The lowest BCUT2D eigenvalue weighted by molar-refractivity contribution is -0.148. The maximum atomic E-state index is 13.0. The predicted octanol–water partition coefficient (Wildman–Crippen LogP) is 3.76. The first-order chi connectivity index (χ1) is 16.9. The molecule has 1 aliphatic heterocycles. The summed E-state index contributed by atoms with van der Waals surface area (Å²) in [5.41, 5.74) is 3.19. The van der Waals surface area contributed by atoms with Gasteiger partial charge in [0, 0.05) is 19.0 Å². The molecular weight excluding hydrogens is 452 g/mol. The van der Waals surface area contributed by atoms with Gasteiger partial charge < -0.3 is 14.7 Å². The topological polar surface area (TPSA) is 135 Å². The Morgan fingerprint density at radius 1 is 1.11 bits per heavy atom. The fourth-order valence-corrected chi connectivity index (χ4v) is 4.95. The van der Waals surface area contributed by atoms with Crippen LogP contribution in [-0.4, -0.2) is 58.0 Å². The number of aliphatic carboxylic acids is 1. The summed E-state index contributed by atoms with van der Waals surface area (Å²) in [5.74, 6) is -1.79. The molecule has 2 aromatic carbocycles. The van der Waals surface area contributed by atoms with Gasteiger partial charge in [0.25, 0.3) is 5.91 Å². The number of carboxylic acids is 1. The number of nitrogens with one attached hydrogen (secondary N) is 1. The highest BCUT2D eigenvalue weighted by molar-refractivity contribution is 6.00. The fourth-order valence-electron chi connectivity index (χ4n) is 4.95. The van der Waals surface area contributed by atoms with Crippen molar-refractivity contribution in [2.45, 2.75) is 25.7 Å². The molecule has 0 radical (unpaired) electrons. The van der Waals surface area contributed by atoms with Gasteiger partial charge in [-0.15, -0.1) is 0 Å². The Labute approximate surface area is 200 Å². The van der Waals surface area contributed by atoms with Crippen LogP contribution in [0.4, 0.5) is 10.6 Å². The molecule has 2 heterocycles. The van der Waals surface area contributed by atoms with E-state index in [1.807, 2.05) is 48.5 Å². The average molecular weight is 476 g/mol. The molecule has 1 atom stereocenters. The summed E-state index contributed by atoms with van der Waals surface area (Å²) in [6.45, 7) is 2.19. The van der Waals surface area contributed by atoms with Crippen LogP contribution in [0.5, 0.6) is 0 Å². The summed E-state index contributed by atoms with van der Waals surface area (Å²) >= 11 is 0. The molecule has 2 aliphatic rings. The Kier molecular flexibility index (Phi) is 5.72. The van der Waals surface area contributed by atoms with E-state index < -0.39 is 23.4 Å². The van der Waals surface area contributed by atoms with Gasteiger partial charge in [-0.05, 0) is 45.4 Å². The summed E-state index contributed by atoms with van der Waals surface area (Å²) in [6.07, 6.45) is -0.0644. The average Bonchev–Trinajstić information content (AvgIpc) is 3.59. The van der Waals surface area contributed by atoms with E-state index in [0.29, 0.717) is 12.8 Å². The molecule has 1 unspecified atom stereocenters. The molecule has 2 N–H and O–H groups in total. The van der Waals surface area contributed by atoms with Crippen LogP contribution < -0.4 is 5.32 Å². The molecule has 5 rings (SSSR count). The van der Waals surface area contributed by atoms with Gasteiger partial charge in [0.2, 0.25) is 11.5 Å². The van der Waals surface area contributed by atoms with E-state index >= 15 is 0 Å². The largest absolute Gasteiger partial charge is 0.481 e. The van der Waals surface area contributed by atoms with Crippen molar-refractivity contribution in [2.24, 2.45) is 5.41 Å². The van der Waals surface area contributed by atoms with Crippen molar-refractivity contribution in [3.05, 3.63) is 65.4 Å². The van der Waals surface area contributed by atoms with Gasteiger partial charge >= 0.3 is 12.1 Å². The standard InChI is InChI=1S/C25H24N4O6/c1-2-25(23(31)32)11-12-29(14-25)22(30)20-21(28-35-27-20)26-24(33)34-13-19-17-9-5-3-7-15(17)16-8-4-6-10-18(16)19/h3-10,19H,2,11-14H2,1H3,(H,31,32)(H,26,28,33). The number of aromatic nitrogens is 2. The number of carboxylic acid groups (broad SMARTS) is 1. The number of amides is 2. The molecule has 0 spiro atoms. The van der Waals surface area contributed by atoms with E-state index in [-0.39, 0.29) is 37.1 Å². The molecule has 10 nitrogen and oxygen atoms in total. The Bertz CT molecular complexity index is 1260. The Morgan fingerprint density at radius 3 is 2.37 bits per heavy atom. The number of ether oxygens (including phenoxy) is 1. The van der Waals surface area contributed by atoms with Crippen LogP contribution in [0.2, 0.25) is 0 Å². The minimum Gasteiger partial charge on any atom is -0.481 e. The maximum Gasteiger partial charge on any atom is 0.412 e. The van der Waals surface area contributed by atoms with Gasteiger partial charge in [-0.1, -0.05) is 55.5 Å². The van der Waals surface area contributed by atoms with Crippen LogP contribution in [-0.2, 0) is 9.53 Å². The molecule has 1 saturated heterocycles. The summed E-state index contributed by atoms with van der Waals surface area (Å²) in [7, 11) is 0. The van der Waals surface area contributed by atoms with Crippen molar-refractivity contribution >= 4 is 23.8 Å². The van der Waals surface area contributed by atoms with Crippen molar-refractivity contribution in [1.29, 1.82) is 0 Å². The minimum atomic E-state index is -0.993. The third kappa shape index (κ3) is 3.90. The van der Waals surface area contributed by atoms with Crippen molar-refractivity contribution in [1.82, 2.24) is 15.2 Å². The lowest BCUT2D eigenvalue weighted by atomic mass is 9.84. The number of anilines is 1. The second-order valence-electron chi connectivity index (χ2n) is 8.83. The maximum absolute atomic E-state index is 13.0. The molecule has 10 heteroatoms. The molecule has 1 aliphatic carbocycles. The second kappa shape index (κ2) is 8.86. The highest BCUT2D eigenvalue weighted by Gasteiger charge is 2.45. The number of nitrogens with zero attached hydrogens (tertiary/aromatic N) is 3. The molecule has 1 fully saturated rings. The number of likely N-dealkylation sites (tertiary alicyclic amines) is 1. The summed E-state index contributed by atoms with van der Waals surface area (Å²) in [5, 5.41) is 19.3. The lowest BCUT2D eigenvalue weighted by Gasteiger charge is -2.22. The van der Waals surface area contributed by atoms with Crippen LogP contribution >= 0.6 is 0 Å². The third-order valence-electron chi connectivity index (χ3n) is 7.03. The first-order valence-electron chi connectivity index (χ1n) is 11.4. The van der Waals surface area contributed by atoms with Crippen LogP contribution in [0.25, 0.3) is 11.1 Å². The zero-order chi connectivity index (χ0) is 24.6. The van der Waals surface area contributed by atoms with Crippen molar-refractivity contribution < 1.29 is 28.9 Å². The quantitative estimate of drug-likeness (QED) is 0.549. The molecule has 0 bridgehead atoms. The number of fused-ring (bicyclic) bond motifs is 3. The number of carbonyl (C=O) groups is 3. The lowest BCUT2D eigenvalue weighted by Crippen LogP contribution is -2.37. The summed E-state index contributed by atoms with van der Waals surface area (Å²) in [6, 6.07) is 16.0. The number of benzene rings is 2. The van der Waals surface area contributed by atoms with E-state index in [4.69, 9.17) is 4.74 Å². The van der Waals surface area contributed by atoms with E-state index in [1.54, 1.807) is 6.92 Å². The fraction of sp³-hybridized carbons (Fsp3) is 0.320. The number of rotatable bonds is 6. The van der Waals surface area contributed by atoms with Crippen LogP contribution in [0.3, 0.4) is 0 Å². The second-order valence-corrected chi connectivity index (χ2v) is 8.83. The van der Waals surface area contributed by atoms with Gasteiger partial charge in [-0.25, -0.2) is 9.42 Å². The molecule has 2 amide bonds. The van der Waals surface area contributed by atoms with E-state index in [1.165, 1.54) is 4.90 Å². The van der Waals surface area contributed by atoms with Crippen LogP contribution in [0.15, 0.2) is 53.2 Å². The van der Waals surface area contributed by atoms with Gasteiger partial charge in [0.15, 0.2) is 0 Å². The number of carbonyl (C=O) groups excluding carboxylic acids is 2. The van der Waals surface area contributed by atoms with Crippen molar-refractivity contribution in [3.8, 4) is 11.1 Å². The van der Waals surface area contributed by atoms with Gasteiger partial charge in [0.1, 0.15) is 6.61 Å². The van der Waals surface area contributed by atoms with E-state index in [9.17, 15) is 19.5 Å². The SMILES string of the molecule is CCC1(C(=O)O)CCN(C(=O)c2nonc2NC(=O)OCC2c3ccccc3-c3ccccc32)C1. The zero-order valence-corrected chi connectivity index (χ0v) is 19.1. The van der Waals surface area contributed by atoms with Gasteiger partial charge in [-0.3, -0.25) is 14.9 Å². The van der Waals surface area contributed by atoms with Crippen molar-refractivity contribution in [2.75, 3.05) is 25.0 Å². The predicted molar refractivity (Wildman–Crippen MR) is 124 cm³/mol.